The summed E-state index contributed by atoms with van der Waals surface area (Å²) in [5, 5.41) is 9.27. The number of furan rings is 1. The molecular weight excluding hydrogens is 645 g/mol. The second-order valence-electron chi connectivity index (χ2n) is 13.7. The van der Waals surface area contributed by atoms with Gasteiger partial charge in [-0.05, 0) is 76.5 Å². The van der Waals surface area contributed by atoms with Gasteiger partial charge < -0.3 is 13.9 Å². The predicted octanol–water partition coefficient (Wildman–Crippen LogP) is 14.1. The molecule has 0 bridgehead atoms. The van der Waals surface area contributed by atoms with Gasteiger partial charge in [0.15, 0.2) is 5.58 Å². The van der Waals surface area contributed by atoms with E-state index in [0.717, 1.165) is 50.1 Å². The number of hydrogen-bond donors (Lipinski definition) is 0. The summed E-state index contributed by atoms with van der Waals surface area (Å²) in [5.74, 6) is 0. The minimum Gasteiger partial charge on any atom is -0.453 e. The molecule has 0 saturated heterocycles. The second-order valence-corrected chi connectivity index (χ2v) is 13.7. The van der Waals surface area contributed by atoms with Crippen LogP contribution < -0.4 is 4.90 Å². The summed E-state index contributed by atoms with van der Waals surface area (Å²) in [4.78, 5) is 2.40. The van der Waals surface area contributed by atoms with Gasteiger partial charge in [-0.15, -0.1) is 0 Å². The Morgan fingerprint density at radius 3 is 1.89 bits per heavy atom. The highest BCUT2D eigenvalue weighted by Gasteiger charge is 2.24. The molecule has 2 aromatic heterocycles. The van der Waals surface area contributed by atoms with E-state index in [9.17, 15) is 0 Å². The molecule has 0 aliphatic rings. The maximum Gasteiger partial charge on any atom is 0.159 e. The van der Waals surface area contributed by atoms with Gasteiger partial charge in [0.1, 0.15) is 5.58 Å². The van der Waals surface area contributed by atoms with E-state index in [-0.39, 0.29) is 0 Å². The van der Waals surface area contributed by atoms with Crippen molar-refractivity contribution in [3.63, 3.8) is 0 Å². The molecule has 11 rings (SSSR count). The number of fused-ring (bicyclic) bond motifs is 9. The van der Waals surface area contributed by atoms with Gasteiger partial charge in [-0.25, -0.2) is 0 Å². The Kier molecular flexibility index (Phi) is 6.55. The first-order chi connectivity index (χ1) is 26.3. The largest absolute Gasteiger partial charge is 0.453 e. The van der Waals surface area contributed by atoms with Crippen molar-refractivity contribution in [2.24, 2.45) is 0 Å². The lowest BCUT2D eigenvalue weighted by Gasteiger charge is -2.27. The number of benzene rings is 9. The highest BCUT2D eigenvalue weighted by Crippen LogP contribution is 2.47. The van der Waals surface area contributed by atoms with Crippen LogP contribution in [0.2, 0.25) is 0 Å². The van der Waals surface area contributed by atoms with Crippen LogP contribution in [0.4, 0.5) is 17.1 Å². The lowest BCUT2D eigenvalue weighted by Crippen LogP contribution is -2.11. The smallest absolute Gasteiger partial charge is 0.159 e. The minimum absolute atomic E-state index is 0.863. The van der Waals surface area contributed by atoms with Crippen LogP contribution in [0.1, 0.15) is 0 Å². The molecule has 2 heterocycles. The fourth-order valence-corrected chi connectivity index (χ4v) is 8.40. The summed E-state index contributed by atoms with van der Waals surface area (Å²) in [6.45, 7) is 0. The molecule has 3 heteroatoms. The fourth-order valence-electron chi connectivity index (χ4n) is 8.40. The van der Waals surface area contributed by atoms with E-state index in [4.69, 9.17) is 4.42 Å². The van der Waals surface area contributed by atoms with Gasteiger partial charge in [0.05, 0.1) is 22.4 Å². The van der Waals surface area contributed by atoms with Crippen molar-refractivity contribution in [1.29, 1.82) is 0 Å². The van der Waals surface area contributed by atoms with E-state index in [2.05, 4.69) is 204 Å². The van der Waals surface area contributed by atoms with E-state index < -0.39 is 0 Å². The number of anilines is 3. The molecule has 0 aliphatic carbocycles. The van der Waals surface area contributed by atoms with Crippen molar-refractivity contribution in [3.8, 4) is 16.8 Å². The van der Waals surface area contributed by atoms with Crippen LogP contribution in [0.5, 0.6) is 0 Å². The average molecular weight is 677 g/mol. The van der Waals surface area contributed by atoms with Crippen LogP contribution in [0.25, 0.3) is 82.1 Å². The number of aromatic nitrogens is 1. The van der Waals surface area contributed by atoms with Crippen LogP contribution in [-0.2, 0) is 0 Å². The summed E-state index contributed by atoms with van der Waals surface area (Å²) < 4.78 is 9.37. The molecule has 53 heavy (non-hydrogen) atoms. The lowest BCUT2D eigenvalue weighted by atomic mass is 9.96. The zero-order valence-electron chi connectivity index (χ0n) is 28.8. The Morgan fingerprint density at radius 2 is 1.04 bits per heavy atom. The van der Waals surface area contributed by atoms with Gasteiger partial charge >= 0.3 is 0 Å². The van der Waals surface area contributed by atoms with E-state index in [1.54, 1.807) is 0 Å². The number of para-hydroxylation sites is 3. The van der Waals surface area contributed by atoms with E-state index >= 15 is 0 Å². The Labute approximate surface area is 306 Å². The minimum atomic E-state index is 0.863. The maximum atomic E-state index is 7.00. The van der Waals surface area contributed by atoms with Crippen LogP contribution in [0, 0.1) is 0 Å². The first-order valence-corrected chi connectivity index (χ1v) is 18.1. The third kappa shape index (κ3) is 4.54. The second kappa shape index (κ2) is 11.7. The van der Waals surface area contributed by atoms with Gasteiger partial charge in [-0.2, -0.15) is 0 Å². The van der Waals surface area contributed by atoms with Crippen molar-refractivity contribution in [3.05, 3.63) is 194 Å². The molecule has 0 radical (unpaired) electrons. The van der Waals surface area contributed by atoms with Gasteiger partial charge in [-0.3, -0.25) is 0 Å². The van der Waals surface area contributed by atoms with Crippen molar-refractivity contribution >= 4 is 82.4 Å². The summed E-state index contributed by atoms with van der Waals surface area (Å²) in [6.07, 6.45) is 0. The molecule has 0 spiro atoms. The number of hydrogen-bond acceptors (Lipinski definition) is 2. The molecule has 3 nitrogen and oxygen atoms in total. The molecule has 0 N–H and O–H groups in total. The van der Waals surface area contributed by atoms with Crippen LogP contribution in [0.15, 0.2) is 199 Å². The number of nitrogens with zero attached hydrogens (tertiary/aromatic N) is 2. The summed E-state index contributed by atoms with van der Waals surface area (Å²) in [5.41, 5.74) is 10.8. The van der Waals surface area contributed by atoms with Crippen LogP contribution in [0.3, 0.4) is 0 Å². The van der Waals surface area contributed by atoms with Gasteiger partial charge in [-0.1, -0.05) is 140 Å². The third-order valence-corrected chi connectivity index (χ3v) is 10.8. The Hall–Kier alpha value is -7.10. The van der Waals surface area contributed by atoms with Crippen molar-refractivity contribution in [2.45, 2.75) is 0 Å². The standard InChI is InChI=1S/C50H32N2O/c1-3-14-33(15-4-1)37-29-31-46(40-21-10-9-20-39(37)40)52(48-25-13-23-42-43-28-26-34-16-7-8-19-38(34)49(43)53-50(42)48)36-27-30-47-44(32-36)41-22-11-12-24-45(41)51(47)35-17-5-2-6-18-35/h1-32H. The molecule has 0 aliphatic heterocycles. The normalized spacial score (nSPS) is 11.8. The summed E-state index contributed by atoms with van der Waals surface area (Å²) >= 11 is 0. The molecule has 9 aromatic carbocycles. The average Bonchev–Trinajstić information content (AvgIpc) is 3.78. The Bertz CT molecular complexity index is 3170. The highest BCUT2D eigenvalue weighted by atomic mass is 16.3. The van der Waals surface area contributed by atoms with Crippen LogP contribution in [-0.4, -0.2) is 4.57 Å². The van der Waals surface area contributed by atoms with Gasteiger partial charge in [0.2, 0.25) is 0 Å². The van der Waals surface area contributed by atoms with E-state index in [1.807, 2.05) is 0 Å². The third-order valence-electron chi connectivity index (χ3n) is 10.8. The summed E-state index contributed by atoms with van der Waals surface area (Å²) in [7, 11) is 0. The molecule has 0 saturated carbocycles. The Morgan fingerprint density at radius 1 is 0.377 bits per heavy atom. The molecule has 0 atom stereocenters. The van der Waals surface area contributed by atoms with E-state index in [1.165, 1.54) is 49.1 Å². The molecule has 11 aromatic rings. The zero-order valence-corrected chi connectivity index (χ0v) is 28.8. The molecular formula is C50H32N2O. The van der Waals surface area contributed by atoms with Gasteiger partial charge in [0.25, 0.3) is 0 Å². The monoisotopic (exact) mass is 676 g/mol. The van der Waals surface area contributed by atoms with Crippen molar-refractivity contribution < 1.29 is 4.42 Å². The van der Waals surface area contributed by atoms with E-state index in [0.29, 0.717) is 0 Å². The lowest BCUT2D eigenvalue weighted by molar-refractivity contribution is 0.673. The van der Waals surface area contributed by atoms with Crippen molar-refractivity contribution in [1.82, 2.24) is 4.57 Å². The molecule has 0 fully saturated rings. The summed E-state index contributed by atoms with van der Waals surface area (Å²) in [6, 6.07) is 69.6. The number of rotatable bonds is 5. The molecule has 248 valence electrons. The van der Waals surface area contributed by atoms with Gasteiger partial charge in [0, 0.05) is 43.7 Å². The quantitative estimate of drug-likeness (QED) is 0.181. The molecule has 0 amide bonds. The highest BCUT2D eigenvalue weighted by molar-refractivity contribution is 6.19. The maximum absolute atomic E-state index is 7.00. The molecule has 0 unspecified atom stereocenters. The predicted molar refractivity (Wildman–Crippen MR) is 223 cm³/mol. The van der Waals surface area contributed by atoms with Crippen LogP contribution >= 0.6 is 0 Å². The topological polar surface area (TPSA) is 21.3 Å². The SMILES string of the molecule is c1ccc(-c2ccc(N(c3ccc4c(c3)c3ccccc3n4-c3ccccc3)c3cccc4c3oc3c5ccccc5ccc43)c3ccccc23)cc1. The zero-order chi connectivity index (χ0) is 34.9. The first kappa shape index (κ1) is 29.6. The first-order valence-electron chi connectivity index (χ1n) is 18.1. The Balaban J connectivity index is 1.23. The van der Waals surface area contributed by atoms with Crippen molar-refractivity contribution in [2.75, 3.05) is 4.90 Å². The fraction of sp³-hybridized carbons (Fsp3) is 0.